The molecule has 0 N–H and O–H groups in total. The van der Waals surface area contributed by atoms with Crippen LogP contribution < -0.4 is 19.4 Å². The number of hydrogen-bond acceptors (Lipinski definition) is 7. The summed E-state index contributed by atoms with van der Waals surface area (Å²) in [4.78, 5) is 18.7. The van der Waals surface area contributed by atoms with E-state index in [9.17, 15) is 0 Å². The second-order valence-electron chi connectivity index (χ2n) is 7.33. The molecule has 2 saturated heterocycles. The van der Waals surface area contributed by atoms with E-state index in [1.165, 1.54) is 5.69 Å². The molecule has 150 valence electrons. The lowest BCUT2D eigenvalue weighted by Crippen LogP contribution is -2.47. The van der Waals surface area contributed by atoms with Gasteiger partial charge in [0.2, 0.25) is 0 Å². The van der Waals surface area contributed by atoms with Crippen LogP contribution in [0.3, 0.4) is 0 Å². The number of hydrogen-bond donors (Lipinski definition) is 0. The summed E-state index contributed by atoms with van der Waals surface area (Å²) in [6.45, 7) is 11.5. The van der Waals surface area contributed by atoms with Crippen LogP contribution in [0, 0.1) is 0 Å². The summed E-state index contributed by atoms with van der Waals surface area (Å²) in [7, 11) is 1.70. The van der Waals surface area contributed by atoms with E-state index in [-0.39, 0.29) is 0 Å². The summed E-state index contributed by atoms with van der Waals surface area (Å²) >= 11 is 0. The Hall–Kier alpha value is -2.54. The van der Waals surface area contributed by atoms with Crippen molar-refractivity contribution in [2.75, 3.05) is 80.7 Å². The van der Waals surface area contributed by atoms with Gasteiger partial charge in [-0.05, 0) is 30.8 Å². The van der Waals surface area contributed by atoms with E-state index in [0.29, 0.717) is 0 Å². The highest BCUT2D eigenvalue weighted by molar-refractivity contribution is 5.54. The molecule has 0 saturated carbocycles. The molecule has 28 heavy (non-hydrogen) atoms. The predicted octanol–water partition coefficient (Wildman–Crippen LogP) is 1.95. The third-order valence-electron chi connectivity index (χ3n) is 5.82. The SMILES string of the molecule is CCN1CCN(c2cc(N3CCN(c4ccc(OC)cc4)CC3)ncn2)CC1. The molecule has 2 aromatic rings. The fourth-order valence-electron chi connectivity index (χ4n) is 3.96. The standard InChI is InChI=1S/C21H30N6O/c1-3-24-8-10-26(11-9-24)20-16-21(23-17-22-20)27-14-12-25(13-15-27)18-4-6-19(28-2)7-5-18/h4-7,16-17H,3,8-15H2,1-2H3. The molecule has 7 nitrogen and oxygen atoms in total. The van der Waals surface area contributed by atoms with E-state index in [4.69, 9.17) is 4.74 Å². The van der Waals surface area contributed by atoms with Gasteiger partial charge in [0.1, 0.15) is 23.7 Å². The van der Waals surface area contributed by atoms with Gasteiger partial charge in [-0.25, -0.2) is 9.97 Å². The minimum atomic E-state index is 0.899. The number of nitrogens with zero attached hydrogens (tertiary/aromatic N) is 6. The third kappa shape index (κ3) is 4.14. The minimum absolute atomic E-state index is 0.899. The molecule has 1 aromatic carbocycles. The lowest BCUT2D eigenvalue weighted by atomic mass is 10.2. The fourth-order valence-corrected chi connectivity index (χ4v) is 3.96. The number of anilines is 3. The van der Waals surface area contributed by atoms with Gasteiger partial charge in [-0.3, -0.25) is 0 Å². The van der Waals surface area contributed by atoms with E-state index in [0.717, 1.165) is 76.3 Å². The lowest BCUT2D eigenvalue weighted by molar-refractivity contribution is 0.270. The normalized spacial score (nSPS) is 18.4. The van der Waals surface area contributed by atoms with Crippen LogP contribution in [0.15, 0.2) is 36.7 Å². The van der Waals surface area contributed by atoms with Crippen molar-refractivity contribution >= 4 is 17.3 Å². The molecule has 0 amide bonds. The van der Waals surface area contributed by atoms with Crippen LogP contribution >= 0.6 is 0 Å². The zero-order valence-electron chi connectivity index (χ0n) is 16.9. The summed E-state index contributed by atoms with van der Waals surface area (Å²) in [5.74, 6) is 2.99. The highest BCUT2D eigenvalue weighted by atomic mass is 16.5. The third-order valence-corrected chi connectivity index (χ3v) is 5.82. The van der Waals surface area contributed by atoms with Crippen LogP contribution in [0.2, 0.25) is 0 Å². The molecule has 0 radical (unpaired) electrons. The Morgan fingerprint density at radius 1 is 0.786 bits per heavy atom. The van der Waals surface area contributed by atoms with Gasteiger partial charge in [0.15, 0.2) is 0 Å². The van der Waals surface area contributed by atoms with Crippen LogP contribution in [0.4, 0.5) is 17.3 Å². The topological polar surface area (TPSA) is 48.0 Å². The number of ether oxygens (including phenoxy) is 1. The zero-order valence-corrected chi connectivity index (χ0v) is 16.9. The molecule has 0 spiro atoms. The van der Waals surface area contributed by atoms with Crippen molar-refractivity contribution in [3.63, 3.8) is 0 Å². The first-order chi connectivity index (χ1) is 13.8. The smallest absolute Gasteiger partial charge is 0.134 e. The summed E-state index contributed by atoms with van der Waals surface area (Å²) in [6.07, 6.45) is 1.71. The quantitative estimate of drug-likeness (QED) is 0.783. The number of benzene rings is 1. The molecule has 0 atom stereocenters. The molecule has 0 aliphatic carbocycles. The maximum Gasteiger partial charge on any atom is 0.134 e. The maximum absolute atomic E-state index is 5.26. The van der Waals surface area contributed by atoms with E-state index < -0.39 is 0 Å². The number of rotatable bonds is 5. The van der Waals surface area contributed by atoms with E-state index >= 15 is 0 Å². The number of piperazine rings is 2. The highest BCUT2D eigenvalue weighted by Crippen LogP contribution is 2.23. The Balaban J connectivity index is 1.36. The average molecular weight is 383 g/mol. The van der Waals surface area contributed by atoms with Crippen LogP contribution in [0.25, 0.3) is 0 Å². The number of likely N-dealkylation sites (N-methyl/N-ethyl adjacent to an activating group) is 1. The Morgan fingerprint density at radius 3 is 1.86 bits per heavy atom. The first-order valence-electron chi connectivity index (χ1n) is 10.2. The first kappa shape index (κ1) is 18.8. The van der Waals surface area contributed by atoms with Crippen LogP contribution in [0.1, 0.15) is 6.92 Å². The van der Waals surface area contributed by atoms with Gasteiger partial charge < -0.3 is 24.3 Å². The molecule has 1 aromatic heterocycles. The Kier molecular flexibility index (Phi) is 5.81. The summed E-state index contributed by atoms with van der Waals surface area (Å²) in [6, 6.07) is 10.5. The average Bonchev–Trinajstić information content (AvgIpc) is 2.79. The first-order valence-corrected chi connectivity index (χ1v) is 10.2. The zero-order chi connectivity index (χ0) is 19.3. The second kappa shape index (κ2) is 8.65. The Bertz CT molecular complexity index is 752. The van der Waals surface area contributed by atoms with Gasteiger partial charge in [-0.15, -0.1) is 0 Å². The van der Waals surface area contributed by atoms with Crippen LogP contribution in [-0.2, 0) is 0 Å². The van der Waals surface area contributed by atoms with Crippen LogP contribution in [-0.4, -0.2) is 80.9 Å². The Morgan fingerprint density at radius 2 is 1.32 bits per heavy atom. The minimum Gasteiger partial charge on any atom is -0.497 e. The van der Waals surface area contributed by atoms with Crippen molar-refractivity contribution in [3.8, 4) is 5.75 Å². The van der Waals surface area contributed by atoms with Crippen molar-refractivity contribution in [2.24, 2.45) is 0 Å². The number of aromatic nitrogens is 2. The van der Waals surface area contributed by atoms with Crippen LogP contribution in [0.5, 0.6) is 5.75 Å². The second-order valence-corrected chi connectivity index (χ2v) is 7.33. The van der Waals surface area contributed by atoms with Gasteiger partial charge in [-0.1, -0.05) is 6.92 Å². The van der Waals surface area contributed by atoms with Crippen molar-refractivity contribution in [2.45, 2.75) is 6.92 Å². The van der Waals surface area contributed by atoms with E-state index in [2.05, 4.69) is 54.7 Å². The molecule has 7 heteroatoms. The van der Waals surface area contributed by atoms with Gasteiger partial charge in [-0.2, -0.15) is 0 Å². The molecule has 2 fully saturated rings. The molecule has 0 bridgehead atoms. The number of methoxy groups -OCH3 is 1. The molecule has 2 aliphatic heterocycles. The predicted molar refractivity (Wildman–Crippen MR) is 114 cm³/mol. The monoisotopic (exact) mass is 382 g/mol. The van der Waals surface area contributed by atoms with Gasteiger partial charge >= 0.3 is 0 Å². The van der Waals surface area contributed by atoms with Crippen molar-refractivity contribution < 1.29 is 4.74 Å². The summed E-state index contributed by atoms with van der Waals surface area (Å²) < 4.78 is 5.26. The van der Waals surface area contributed by atoms with Gasteiger partial charge in [0, 0.05) is 64.1 Å². The highest BCUT2D eigenvalue weighted by Gasteiger charge is 2.21. The van der Waals surface area contributed by atoms with Crippen molar-refractivity contribution in [1.82, 2.24) is 14.9 Å². The van der Waals surface area contributed by atoms with Gasteiger partial charge in [0.25, 0.3) is 0 Å². The van der Waals surface area contributed by atoms with Gasteiger partial charge in [0.05, 0.1) is 7.11 Å². The maximum atomic E-state index is 5.26. The van der Waals surface area contributed by atoms with E-state index in [1.54, 1.807) is 13.4 Å². The Labute approximate surface area is 167 Å². The van der Waals surface area contributed by atoms with Crippen molar-refractivity contribution in [3.05, 3.63) is 36.7 Å². The fraction of sp³-hybridized carbons (Fsp3) is 0.524. The van der Waals surface area contributed by atoms with Crippen molar-refractivity contribution in [1.29, 1.82) is 0 Å². The molecular formula is C21H30N6O. The van der Waals surface area contributed by atoms with E-state index in [1.807, 2.05) is 12.1 Å². The molecule has 4 rings (SSSR count). The molecular weight excluding hydrogens is 352 g/mol. The largest absolute Gasteiger partial charge is 0.497 e. The summed E-state index contributed by atoms with van der Waals surface area (Å²) in [5.41, 5.74) is 1.25. The molecule has 0 unspecified atom stereocenters. The lowest BCUT2D eigenvalue weighted by Gasteiger charge is -2.37. The summed E-state index contributed by atoms with van der Waals surface area (Å²) in [5, 5.41) is 0. The molecule has 2 aliphatic rings. The molecule has 3 heterocycles.